The Kier molecular flexibility index (Phi) is 6.04. The molecule has 5 heteroatoms. The molecular weight excluding hydrogens is 348 g/mol. The number of hydrogen-bond donors (Lipinski definition) is 2. The highest BCUT2D eigenvalue weighted by Crippen LogP contribution is 2.24. The van der Waals surface area contributed by atoms with Crippen LogP contribution in [0.4, 0.5) is 17.3 Å². The average molecular weight is 374 g/mol. The number of amides is 1. The molecule has 0 unspecified atom stereocenters. The van der Waals surface area contributed by atoms with E-state index in [1.54, 1.807) is 0 Å². The van der Waals surface area contributed by atoms with Crippen molar-refractivity contribution in [1.29, 1.82) is 0 Å². The molecule has 1 amide bonds. The van der Waals surface area contributed by atoms with E-state index < -0.39 is 0 Å². The van der Waals surface area contributed by atoms with E-state index in [9.17, 15) is 4.79 Å². The van der Waals surface area contributed by atoms with Crippen LogP contribution in [0.25, 0.3) is 0 Å². The van der Waals surface area contributed by atoms with Gasteiger partial charge in [0.25, 0.3) is 5.91 Å². The van der Waals surface area contributed by atoms with Crippen molar-refractivity contribution in [3.8, 4) is 0 Å². The quantitative estimate of drug-likeness (QED) is 0.621. The zero-order valence-electron chi connectivity index (χ0n) is 16.8. The van der Waals surface area contributed by atoms with E-state index in [0.29, 0.717) is 11.5 Å². The van der Waals surface area contributed by atoms with Crippen molar-refractivity contribution < 1.29 is 4.79 Å². The Balaban J connectivity index is 1.83. The first-order valence-corrected chi connectivity index (χ1v) is 9.61. The minimum atomic E-state index is -0.124. The maximum Gasteiger partial charge on any atom is 0.255 e. The van der Waals surface area contributed by atoms with Crippen LogP contribution in [0.15, 0.2) is 48.5 Å². The van der Waals surface area contributed by atoms with Gasteiger partial charge in [0.2, 0.25) is 5.95 Å². The lowest BCUT2D eigenvalue weighted by Crippen LogP contribution is -2.15. The molecule has 1 aromatic heterocycles. The number of aromatic nitrogens is 2. The number of carbonyl (C=O) groups is 1. The van der Waals surface area contributed by atoms with Gasteiger partial charge in [0.1, 0.15) is 0 Å². The van der Waals surface area contributed by atoms with Crippen molar-refractivity contribution in [3.63, 3.8) is 0 Å². The number of aryl methyl sites for hydroxylation is 4. The Morgan fingerprint density at radius 3 is 2.11 bits per heavy atom. The third-order valence-corrected chi connectivity index (χ3v) is 4.60. The van der Waals surface area contributed by atoms with Crippen LogP contribution in [0.1, 0.15) is 46.7 Å². The molecule has 0 atom stereocenters. The smallest absolute Gasteiger partial charge is 0.255 e. The molecule has 0 aliphatic carbocycles. The molecule has 2 aromatic carbocycles. The van der Waals surface area contributed by atoms with E-state index in [1.807, 2.05) is 50.2 Å². The maximum atomic E-state index is 12.9. The third kappa shape index (κ3) is 4.55. The molecule has 3 aromatic rings. The number of hydrogen-bond acceptors (Lipinski definition) is 4. The Morgan fingerprint density at radius 2 is 1.50 bits per heavy atom. The number of nitrogens with one attached hydrogen (secondary N) is 2. The van der Waals surface area contributed by atoms with Crippen LogP contribution >= 0.6 is 0 Å². The summed E-state index contributed by atoms with van der Waals surface area (Å²) in [6.07, 6.45) is 1.74. The summed E-state index contributed by atoms with van der Waals surface area (Å²) in [7, 11) is 0. The second-order valence-corrected chi connectivity index (χ2v) is 6.79. The number of rotatable bonds is 6. The van der Waals surface area contributed by atoms with E-state index in [4.69, 9.17) is 0 Å². The molecule has 2 N–H and O–H groups in total. The SMILES string of the molecule is CCc1cccc(CC)c1NC(=O)c1cccc(Nc2nc(C)cc(C)n2)c1. The van der Waals surface area contributed by atoms with Crippen LogP contribution in [0, 0.1) is 13.8 Å². The summed E-state index contributed by atoms with van der Waals surface area (Å²) in [5.41, 5.74) is 6.36. The van der Waals surface area contributed by atoms with Gasteiger partial charge in [-0.05, 0) is 62.1 Å². The fourth-order valence-electron chi connectivity index (χ4n) is 3.24. The number of nitrogens with zero attached hydrogens (tertiary/aromatic N) is 2. The Morgan fingerprint density at radius 1 is 0.893 bits per heavy atom. The van der Waals surface area contributed by atoms with Crippen molar-refractivity contribution in [1.82, 2.24) is 9.97 Å². The summed E-state index contributed by atoms with van der Waals surface area (Å²) in [6, 6.07) is 15.5. The lowest BCUT2D eigenvalue weighted by molar-refractivity contribution is 0.102. The van der Waals surface area contributed by atoms with Crippen molar-refractivity contribution in [2.45, 2.75) is 40.5 Å². The van der Waals surface area contributed by atoms with Gasteiger partial charge in [0.05, 0.1) is 0 Å². The standard InChI is InChI=1S/C23H26N4O/c1-5-17-9-7-10-18(6-2)21(17)27-22(28)19-11-8-12-20(14-19)26-23-24-15(3)13-16(4)25-23/h7-14H,5-6H2,1-4H3,(H,27,28)(H,24,25,26). The molecule has 144 valence electrons. The first-order chi connectivity index (χ1) is 13.5. The van der Waals surface area contributed by atoms with Gasteiger partial charge >= 0.3 is 0 Å². The molecular formula is C23H26N4O. The molecule has 0 bridgehead atoms. The molecule has 0 saturated heterocycles. The predicted molar refractivity (Wildman–Crippen MR) is 114 cm³/mol. The van der Waals surface area contributed by atoms with Crippen LogP contribution in [0.2, 0.25) is 0 Å². The maximum absolute atomic E-state index is 12.9. The molecule has 1 heterocycles. The molecule has 5 nitrogen and oxygen atoms in total. The third-order valence-electron chi connectivity index (χ3n) is 4.60. The highest BCUT2D eigenvalue weighted by Gasteiger charge is 2.12. The summed E-state index contributed by atoms with van der Waals surface area (Å²) >= 11 is 0. The lowest BCUT2D eigenvalue weighted by Gasteiger charge is -2.15. The Bertz CT molecular complexity index is 955. The summed E-state index contributed by atoms with van der Waals surface area (Å²) in [5, 5.41) is 6.30. The first-order valence-electron chi connectivity index (χ1n) is 9.61. The molecule has 28 heavy (non-hydrogen) atoms. The van der Waals surface area contributed by atoms with Gasteiger partial charge in [-0.3, -0.25) is 4.79 Å². The van der Waals surface area contributed by atoms with Crippen molar-refractivity contribution >= 4 is 23.2 Å². The highest BCUT2D eigenvalue weighted by atomic mass is 16.1. The van der Waals surface area contributed by atoms with Crippen LogP contribution in [-0.2, 0) is 12.8 Å². The molecule has 0 spiro atoms. The van der Waals surface area contributed by atoms with Crippen molar-refractivity contribution in [3.05, 3.63) is 76.6 Å². The van der Waals surface area contributed by atoms with E-state index in [-0.39, 0.29) is 5.91 Å². The average Bonchev–Trinajstić information content (AvgIpc) is 2.67. The van der Waals surface area contributed by atoms with Crippen LogP contribution in [0.5, 0.6) is 0 Å². The van der Waals surface area contributed by atoms with Gasteiger partial charge < -0.3 is 10.6 Å². The van der Waals surface area contributed by atoms with E-state index >= 15 is 0 Å². The topological polar surface area (TPSA) is 66.9 Å². The van der Waals surface area contributed by atoms with Gasteiger partial charge in [-0.1, -0.05) is 38.1 Å². The van der Waals surface area contributed by atoms with Gasteiger partial charge in [0.15, 0.2) is 0 Å². The minimum absolute atomic E-state index is 0.124. The summed E-state index contributed by atoms with van der Waals surface area (Å²) in [5.74, 6) is 0.403. The molecule has 0 aliphatic rings. The first kappa shape index (κ1) is 19.5. The molecule has 0 saturated carbocycles. The second-order valence-electron chi connectivity index (χ2n) is 6.79. The minimum Gasteiger partial charge on any atom is -0.324 e. The predicted octanol–water partition coefficient (Wildman–Crippen LogP) is 5.21. The largest absolute Gasteiger partial charge is 0.324 e. The van der Waals surface area contributed by atoms with E-state index in [2.05, 4.69) is 46.6 Å². The van der Waals surface area contributed by atoms with Crippen molar-refractivity contribution in [2.75, 3.05) is 10.6 Å². The van der Waals surface area contributed by atoms with Gasteiger partial charge in [-0.15, -0.1) is 0 Å². The summed E-state index contributed by atoms with van der Waals surface area (Å²) in [6.45, 7) is 8.05. The van der Waals surface area contributed by atoms with E-state index in [1.165, 1.54) is 0 Å². The summed E-state index contributed by atoms with van der Waals surface area (Å²) < 4.78 is 0. The highest BCUT2D eigenvalue weighted by molar-refractivity contribution is 6.05. The number of anilines is 3. The normalized spacial score (nSPS) is 10.6. The Hall–Kier alpha value is -3.21. The molecule has 0 fully saturated rings. The summed E-state index contributed by atoms with van der Waals surface area (Å²) in [4.78, 5) is 21.7. The van der Waals surface area contributed by atoms with Crippen LogP contribution in [0.3, 0.4) is 0 Å². The van der Waals surface area contributed by atoms with Gasteiger partial charge in [-0.25, -0.2) is 9.97 Å². The Labute approximate surface area is 166 Å². The second kappa shape index (κ2) is 8.65. The fraction of sp³-hybridized carbons (Fsp3) is 0.261. The van der Waals surface area contributed by atoms with E-state index in [0.717, 1.165) is 46.7 Å². The molecule has 0 aliphatic heterocycles. The van der Waals surface area contributed by atoms with Crippen LogP contribution in [-0.4, -0.2) is 15.9 Å². The van der Waals surface area contributed by atoms with Gasteiger partial charge in [0, 0.05) is 28.3 Å². The number of carbonyl (C=O) groups excluding carboxylic acids is 1. The number of benzene rings is 2. The monoisotopic (exact) mass is 374 g/mol. The fourth-order valence-corrected chi connectivity index (χ4v) is 3.24. The molecule has 0 radical (unpaired) electrons. The van der Waals surface area contributed by atoms with Gasteiger partial charge in [-0.2, -0.15) is 0 Å². The lowest BCUT2D eigenvalue weighted by atomic mass is 10.0. The molecule has 3 rings (SSSR count). The zero-order chi connectivity index (χ0) is 20.1. The zero-order valence-corrected chi connectivity index (χ0v) is 16.8. The van der Waals surface area contributed by atoms with Crippen molar-refractivity contribution in [2.24, 2.45) is 0 Å². The number of para-hydroxylation sites is 1. The van der Waals surface area contributed by atoms with Crippen LogP contribution < -0.4 is 10.6 Å².